The summed E-state index contributed by atoms with van der Waals surface area (Å²) in [5.74, 6) is 0. The van der Waals surface area contributed by atoms with Crippen molar-refractivity contribution in [2.24, 2.45) is 0 Å². The smallest absolute Gasteiger partial charge is 0.0653 e. The quantitative estimate of drug-likeness (QED) is 0.893. The van der Waals surface area contributed by atoms with Gasteiger partial charge in [0.1, 0.15) is 0 Å². The molecule has 2 N–H and O–H groups in total. The van der Waals surface area contributed by atoms with Gasteiger partial charge < -0.3 is 15.3 Å². The van der Waals surface area contributed by atoms with Crippen LogP contribution in [0, 0.1) is 0 Å². The van der Waals surface area contributed by atoms with Crippen molar-refractivity contribution in [1.29, 1.82) is 0 Å². The van der Waals surface area contributed by atoms with Crippen molar-refractivity contribution >= 4 is 21.6 Å². The van der Waals surface area contributed by atoms with Crippen molar-refractivity contribution < 1.29 is 5.11 Å². The number of aliphatic hydroxyl groups is 1. The van der Waals surface area contributed by atoms with Crippen LogP contribution in [0.25, 0.3) is 0 Å². The number of rotatable bonds is 4. The molecule has 19 heavy (non-hydrogen) atoms. The monoisotopic (exact) mass is 326 g/mol. The van der Waals surface area contributed by atoms with E-state index in [2.05, 4.69) is 51.3 Å². The molecule has 3 nitrogen and oxygen atoms in total. The van der Waals surface area contributed by atoms with Crippen molar-refractivity contribution in [2.75, 3.05) is 24.5 Å². The second kappa shape index (κ2) is 6.25. The summed E-state index contributed by atoms with van der Waals surface area (Å²) in [4.78, 5) is 2.38. The second-order valence-corrected chi connectivity index (χ2v) is 6.45. The number of nitrogens with one attached hydrogen (secondary N) is 1. The molecule has 0 aliphatic carbocycles. The predicted octanol–water partition coefficient (Wildman–Crippen LogP) is 2.91. The number of anilines is 1. The number of nitrogens with zero attached hydrogens (tertiary/aromatic N) is 1. The van der Waals surface area contributed by atoms with Crippen LogP contribution < -0.4 is 10.2 Å². The number of piperidine rings is 1. The number of hydrogen-bond donors (Lipinski definition) is 2. The topological polar surface area (TPSA) is 35.5 Å². The summed E-state index contributed by atoms with van der Waals surface area (Å²) in [7, 11) is 0. The molecule has 0 saturated carbocycles. The second-order valence-electron chi connectivity index (χ2n) is 5.54. The summed E-state index contributed by atoms with van der Waals surface area (Å²) in [6.07, 6.45) is 1.67. The standard InChI is InChI=1S/C15H23BrN2O/c1-3-17-11-12-4-5-13(16)10-14(12)18-8-6-15(2,19)7-9-18/h4-5,10,17,19H,3,6-9,11H2,1-2H3. The Hall–Kier alpha value is -0.580. The zero-order chi connectivity index (χ0) is 13.9. The minimum Gasteiger partial charge on any atom is -0.390 e. The maximum Gasteiger partial charge on any atom is 0.0653 e. The van der Waals surface area contributed by atoms with E-state index in [4.69, 9.17) is 0 Å². The van der Waals surface area contributed by atoms with Crippen LogP contribution in [0.1, 0.15) is 32.3 Å². The highest BCUT2D eigenvalue weighted by Crippen LogP contribution is 2.30. The molecule has 1 aliphatic rings. The lowest BCUT2D eigenvalue weighted by Crippen LogP contribution is -2.42. The third kappa shape index (κ3) is 3.94. The van der Waals surface area contributed by atoms with Gasteiger partial charge in [0.2, 0.25) is 0 Å². The van der Waals surface area contributed by atoms with E-state index in [1.54, 1.807) is 0 Å². The highest BCUT2D eigenvalue weighted by Gasteiger charge is 2.28. The molecule has 1 heterocycles. The molecule has 0 amide bonds. The Balaban J connectivity index is 2.16. The Morgan fingerprint density at radius 1 is 1.37 bits per heavy atom. The van der Waals surface area contributed by atoms with Crippen LogP contribution in [0.2, 0.25) is 0 Å². The van der Waals surface area contributed by atoms with Crippen molar-refractivity contribution in [2.45, 2.75) is 38.8 Å². The van der Waals surface area contributed by atoms with Gasteiger partial charge in [-0.25, -0.2) is 0 Å². The normalized spacial score (nSPS) is 18.6. The lowest BCUT2D eigenvalue weighted by atomic mass is 9.93. The van der Waals surface area contributed by atoms with Crippen LogP contribution in [0.15, 0.2) is 22.7 Å². The van der Waals surface area contributed by atoms with Gasteiger partial charge in [0.15, 0.2) is 0 Å². The SMILES string of the molecule is CCNCc1ccc(Br)cc1N1CCC(C)(O)CC1. The van der Waals surface area contributed by atoms with E-state index in [1.165, 1.54) is 11.3 Å². The first-order valence-corrected chi connectivity index (χ1v) is 7.77. The molecule has 1 aromatic rings. The predicted molar refractivity (Wildman–Crippen MR) is 83.6 cm³/mol. The third-order valence-corrected chi connectivity index (χ3v) is 4.29. The minimum atomic E-state index is -0.496. The molecule has 4 heteroatoms. The Kier molecular flexibility index (Phi) is 4.87. The molecule has 0 bridgehead atoms. The molecule has 106 valence electrons. The van der Waals surface area contributed by atoms with E-state index in [0.717, 1.165) is 43.5 Å². The molecular weight excluding hydrogens is 304 g/mol. The third-order valence-electron chi connectivity index (χ3n) is 3.79. The van der Waals surface area contributed by atoms with Crippen LogP contribution in [0.3, 0.4) is 0 Å². The molecule has 1 saturated heterocycles. The van der Waals surface area contributed by atoms with Gasteiger partial charge in [-0.1, -0.05) is 28.9 Å². The number of benzene rings is 1. The van der Waals surface area contributed by atoms with E-state index in [1.807, 2.05) is 6.92 Å². The van der Waals surface area contributed by atoms with Crippen LogP contribution >= 0.6 is 15.9 Å². The highest BCUT2D eigenvalue weighted by atomic mass is 79.9. The molecular formula is C15H23BrN2O. The van der Waals surface area contributed by atoms with Crippen LogP contribution in [-0.4, -0.2) is 30.3 Å². The van der Waals surface area contributed by atoms with E-state index < -0.39 is 5.60 Å². The summed E-state index contributed by atoms with van der Waals surface area (Å²) in [5, 5.41) is 13.4. The highest BCUT2D eigenvalue weighted by molar-refractivity contribution is 9.10. The van der Waals surface area contributed by atoms with Gasteiger partial charge in [0, 0.05) is 29.8 Å². The Bertz CT molecular complexity index is 424. The average Bonchev–Trinajstić information content (AvgIpc) is 2.37. The molecule has 1 fully saturated rings. The summed E-state index contributed by atoms with van der Waals surface area (Å²) >= 11 is 3.56. The van der Waals surface area contributed by atoms with Gasteiger partial charge in [0.05, 0.1) is 5.60 Å². The largest absolute Gasteiger partial charge is 0.390 e. The zero-order valence-corrected chi connectivity index (χ0v) is 13.3. The fourth-order valence-electron chi connectivity index (χ4n) is 2.47. The van der Waals surface area contributed by atoms with Gasteiger partial charge in [-0.3, -0.25) is 0 Å². The minimum absolute atomic E-state index is 0.496. The zero-order valence-electron chi connectivity index (χ0n) is 11.7. The average molecular weight is 327 g/mol. The van der Waals surface area contributed by atoms with Crippen LogP contribution in [0.4, 0.5) is 5.69 Å². The summed E-state index contributed by atoms with van der Waals surface area (Å²) in [6, 6.07) is 6.46. The first-order chi connectivity index (χ1) is 9.02. The summed E-state index contributed by atoms with van der Waals surface area (Å²) < 4.78 is 1.11. The molecule has 0 aromatic heterocycles. The van der Waals surface area contributed by atoms with E-state index in [9.17, 15) is 5.11 Å². The molecule has 1 aromatic carbocycles. The van der Waals surface area contributed by atoms with Crippen molar-refractivity contribution in [1.82, 2.24) is 5.32 Å². The van der Waals surface area contributed by atoms with E-state index >= 15 is 0 Å². The lowest BCUT2D eigenvalue weighted by Gasteiger charge is -2.38. The van der Waals surface area contributed by atoms with Crippen molar-refractivity contribution in [3.8, 4) is 0 Å². The fourth-order valence-corrected chi connectivity index (χ4v) is 2.82. The first-order valence-electron chi connectivity index (χ1n) is 6.98. The summed E-state index contributed by atoms with van der Waals surface area (Å²) in [5.41, 5.74) is 2.11. The fraction of sp³-hybridized carbons (Fsp3) is 0.600. The molecule has 0 unspecified atom stereocenters. The molecule has 1 aliphatic heterocycles. The van der Waals surface area contributed by atoms with Gasteiger partial charge in [-0.05, 0) is 44.0 Å². The van der Waals surface area contributed by atoms with E-state index in [-0.39, 0.29) is 0 Å². The van der Waals surface area contributed by atoms with Crippen molar-refractivity contribution in [3.63, 3.8) is 0 Å². The van der Waals surface area contributed by atoms with Crippen molar-refractivity contribution in [3.05, 3.63) is 28.2 Å². The Morgan fingerprint density at radius 3 is 2.68 bits per heavy atom. The Labute approximate surface area is 124 Å². The number of halogens is 1. The van der Waals surface area contributed by atoms with Gasteiger partial charge in [0.25, 0.3) is 0 Å². The van der Waals surface area contributed by atoms with Gasteiger partial charge in [-0.2, -0.15) is 0 Å². The van der Waals surface area contributed by atoms with Gasteiger partial charge in [-0.15, -0.1) is 0 Å². The molecule has 0 spiro atoms. The maximum absolute atomic E-state index is 10.1. The Morgan fingerprint density at radius 2 is 2.05 bits per heavy atom. The molecule has 2 rings (SSSR count). The maximum atomic E-state index is 10.1. The van der Waals surface area contributed by atoms with Gasteiger partial charge >= 0.3 is 0 Å². The van der Waals surface area contributed by atoms with Crippen LogP contribution in [-0.2, 0) is 6.54 Å². The molecule has 0 radical (unpaired) electrons. The van der Waals surface area contributed by atoms with E-state index in [0.29, 0.717) is 0 Å². The summed E-state index contributed by atoms with van der Waals surface area (Å²) in [6.45, 7) is 7.77. The first kappa shape index (κ1) is 14.8. The lowest BCUT2D eigenvalue weighted by molar-refractivity contribution is 0.0351. The van der Waals surface area contributed by atoms with Crippen LogP contribution in [0.5, 0.6) is 0 Å². The number of hydrogen-bond acceptors (Lipinski definition) is 3. The molecule has 0 atom stereocenters.